The van der Waals surface area contributed by atoms with Gasteiger partial charge in [-0.05, 0) is 56.5 Å². The second-order valence-electron chi connectivity index (χ2n) is 10.0. The molecule has 0 spiro atoms. The van der Waals surface area contributed by atoms with Gasteiger partial charge in [-0.2, -0.15) is 0 Å². The lowest BCUT2D eigenvalue weighted by Crippen LogP contribution is -2.49. The van der Waals surface area contributed by atoms with Crippen molar-refractivity contribution < 1.29 is 14.4 Å². The molecule has 0 atom stereocenters. The van der Waals surface area contributed by atoms with Crippen molar-refractivity contribution in [1.82, 2.24) is 14.8 Å². The Labute approximate surface area is 212 Å². The number of carbonyl (C=O) groups is 3. The molecule has 1 aromatic carbocycles. The Morgan fingerprint density at radius 2 is 1.61 bits per heavy atom. The highest BCUT2D eigenvalue weighted by atomic mass is 16.2. The summed E-state index contributed by atoms with van der Waals surface area (Å²) in [4.78, 5) is 52.9. The van der Waals surface area contributed by atoms with Crippen molar-refractivity contribution >= 4 is 35.0 Å². The summed E-state index contributed by atoms with van der Waals surface area (Å²) in [6.45, 7) is 10.5. The number of aromatic nitrogens is 1. The van der Waals surface area contributed by atoms with Gasteiger partial charge in [-0.15, -0.1) is 0 Å². The van der Waals surface area contributed by atoms with Crippen LogP contribution in [0.3, 0.4) is 0 Å². The van der Waals surface area contributed by atoms with E-state index in [0.717, 1.165) is 29.2 Å². The molecular formula is C27H34N6O3. The number of urea groups is 1. The highest BCUT2D eigenvalue weighted by molar-refractivity contribution is 6.07. The van der Waals surface area contributed by atoms with E-state index in [1.165, 1.54) is 5.56 Å². The summed E-state index contributed by atoms with van der Waals surface area (Å²) < 4.78 is 0. The minimum atomic E-state index is -0.130. The van der Waals surface area contributed by atoms with E-state index < -0.39 is 0 Å². The van der Waals surface area contributed by atoms with Gasteiger partial charge in [0, 0.05) is 70.7 Å². The second kappa shape index (κ2) is 9.44. The van der Waals surface area contributed by atoms with E-state index in [4.69, 9.17) is 4.98 Å². The number of pyridine rings is 1. The fraction of sp³-hybridized carbons (Fsp3) is 0.481. The van der Waals surface area contributed by atoms with E-state index in [2.05, 4.69) is 24.8 Å². The first-order valence-corrected chi connectivity index (χ1v) is 12.7. The number of amides is 4. The molecule has 0 aliphatic carbocycles. The lowest BCUT2D eigenvalue weighted by Gasteiger charge is -2.37. The molecule has 9 nitrogen and oxygen atoms in total. The van der Waals surface area contributed by atoms with Crippen LogP contribution in [0.4, 0.5) is 22.0 Å². The third-order valence-electron chi connectivity index (χ3n) is 7.60. The summed E-state index contributed by atoms with van der Waals surface area (Å²) in [5.41, 5.74) is 5.18. The van der Waals surface area contributed by atoms with Crippen LogP contribution in [0, 0.1) is 20.8 Å². The fourth-order valence-electron chi connectivity index (χ4n) is 5.32. The van der Waals surface area contributed by atoms with Crippen molar-refractivity contribution in [2.45, 2.75) is 33.6 Å². The Morgan fingerprint density at radius 3 is 2.25 bits per heavy atom. The first-order valence-electron chi connectivity index (χ1n) is 12.7. The molecule has 0 N–H and O–H groups in total. The number of benzene rings is 1. The molecule has 36 heavy (non-hydrogen) atoms. The third-order valence-corrected chi connectivity index (χ3v) is 7.60. The molecule has 2 aromatic rings. The summed E-state index contributed by atoms with van der Waals surface area (Å²) in [6, 6.07) is 7.49. The molecule has 4 amide bonds. The number of likely N-dealkylation sites (N-methyl/N-ethyl adjacent to an activating group) is 1. The number of carbonyl (C=O) groups excluding carboxylic acids is 3. The van der Waals surface area contributed by atoms with Gasteiger partial charge in [0.15, 0.2) is 0 Å². The van der Waals surface area contributed by atoms with Crippen molar-refractivity contribution in [2.75, 3.05) is 67.6 Å². The Kier molecular flexibility index (Phi) is 6.32. The van der Waals surface area contributed by atoms with Crippen LogP contribution in [0.1, 0.15) is 40.0 Å². The highest BCUT2D eigenvalue weighted by Crippen LogP contribution is 2.32. The normalized spacial score (nSPS) is 18.6. The summed E-state index contributed by atoms with van der Waals surface area (Å²) in [7, 11) is 1.76. The summed E-state index contributed by atoms with van der Waals surface area (Å²) >= 11 is 0. The smallest absolute Gasteiger partial charge is 0.324 e. The number of piperazine rings is 1. The van der Waals surface area contributed by atoms with E-state index in [0.29, 0.717) is 63.5 Å². The molecule has 3 aliphatic rings. The van der Waals surface area contributed by atoms with Gasteiger partial charge in [0.05, 0.1) is 11.3 Å². The van der Waals surface area contributed by atoms with Crippen molar-refractivity contribution in [1.29, 1.82) is 0 Å². The van der Waals surface area contributed by atoms with Crippen molar-refractivity contribution in [3.05, 3.63) is 46.6 Å². The molecule has 0 unspecified atom stereocenters. The third kappa shape index (κ3) is 4.27. The number of nitrogens with zero attached hydrogens (tertiary/aromatic N) is 6. The van der Waals surface area contributed by atoms with Gasteiger partial charge >= 0.3 is 6.03 Å². The minimum absolute atomic E-state index is 0.0799. The fourth-order valence-corrected chi connectivity index (χ4v) is 5.32. The van der Waals surface area contributed by atoms with Crippen LogP contribution >= 0.6 is 0 Å². The van der Waals surface area contributed by atoms with E-state index in [1.807, 2.05) is 24.0 Å². The monoisotopic (exact) mass is 490 g/mol. The number of hydrogen-bond donors (Lipinski definition) is 0. The van der Waals surface area contributed by atoms with Crippen LogP contribution < -0.4 is 14.7 Å². The Balaban J connectivity index is 1.39. The van der Waals surface area contributed by atoms with Crippen LogP contribution in [0.5, 0.6) is 0 Å². The maximum absolute atomic E-state index is 13.7. The van der Waals surface area contributed by atoms with Gasteiger partial charge in [-0.1, -0.05) is 6.07 Å². The average Bonchev–Trinajstić information content (AvgIpc) is 3.45. The molecule has 3 saturated heterocycles. The van der Waals surface area contributed by atoms with E-state index in [1.54, 1.807) is 27.8 Å². The Hall–Kier alpha value is -3.62. The predicted octanol–water partition coefficient (Wildman–Crippen LogP) is 2.97. The maximum atomic E-state index is 13.7. The van der Waals surface area contributed by atoms with E-state index in [9.17, 15) is 14.4 Å². The Morgan fingerprint density at radius 1 is 0.861 bits per heavy atom. The number of hydrogen-bond acceptors (Lipinski definition) is 5. The van der Waals surface area contributed by atoms with Gasteiger partial charge in [0.1, 0.15) is 5.82 Å². The standard InChI is InChI=1S/C27H34N6O3/c1-18-16-19(2)25(28-20(18)3)30-11-13-31(14-12-30)26(35)22-8-7-21(32-9-5-6-24(32)34)17-23(22)33-15-10-29(4)27(33)36/h7-8,16-17H,5-6,9-15H2,1-4H3. The van der Waals surface area contributed by atoms with E-state index >= 15 is 0 Å². The van der Waals surface area contributed by atoms with Crippen molar-refractivity contribution in [3.8, 4) is 0 Å². The van der Waals surface area contributed by atoms with Crippen LogP contribution in [-0.4, -0.2) is 85.5 Å². The second-order valence-corrected chi connectivity index (χ2v) is 10.0. The predicted molar refractivity (Wildman–Crippen MR) is 140 cm³/mol. The highest BCUT2D eigenvalue weighted by Gasteiger charge is 2.33. The molecule has 0 bridgehead atoms. The lowest BCUT2D eigenvalue weighted by molar-refractivity contribution is -0.117. The Bertz CT molecular complexity index is 1220. The van der Waals surface area contributed by atoms with Gasteiger partial charge in [-0.25, -0.2) is 9.78 Å². The molecule has 190 valence electrons. The zero-order valence-corrected chi connectivity index (χ0v) is 21.6. The molecule has 4 heterocycles. The first kappa shape index (κ1) is 24.1. The molecule has 9 heteroatoms. The number of aryl methyl sites for hydroxylation is 3. The van der Waals surface area contributed by atoms with Crippen LogP contribution in [0.2, 0.25) is 0 Å². The molecule has 1 aromatic heterocycles. The molecule has 3 aliphatic heterocycles. The largest absolute Gasteiger partial charge is 0.353 e. The summed E-state index contributed by atoms with van der Waals surface area (Å²) in [5, 5.41) is 0. The quantitative estimate of drug-likeness (QED) is 0.658. The molecule has 0 saturated carbocycles. The summed E-state index contributed by atoms with van der Waals surface area (Å²) in [6.07, 6.45) is 1.35. The topological polar surface area (TPSA) is 80.3 Å². The summed E-state index contributed by atoms with van der Waals surface area (Å²) in [5.74, 6) is 0.976. The van der Waals surface area contributed by atoms with Crippen LogP contribution in [0.15, 0.2) is 24.3 Å². The molecule has 0 radical (unpaired) electrons. The van der Waals surface area contributed by atoms with Crippen molar-refractivity contribution in [3.63, 3.8) is 0 Å². The maximum Gasteiger partial charge on any atom is 0.324 e. The minimum Gasteiger partial charge on any atom is -0.353 e. The lowest BCUT2D eigenvalue weighted by atomic mass is 10.1. The van der Waals surface area contributed by atoms with Crippen molar-refractivity contribution in [2.24, 2.45) is 0 Å². The zero-order chi connectivity index (χ0) is 25.6. The van der Waals surface area contributed by atoms with Gasteiger partial charge in [0.25, 0.3) is 5.91 Å². The van der Waals surface area contributed by atoms with Crippen LogP contribution in [-0.2, 0) is 4.79 Å². The molecular weight excluding hydrogens is 456 g/mol. The van der Waals surface area contributed by atoms with Crippen LogP contribution in [0.25, 0.3) is 0 Å². The molecule has 3 fully saturated rings. The number of rotatable bonds is 4. The average molecular weight is 491 g/mol. The number of anilines is 3. The van der Waals surface area contributed by atoms with E-state index in [-0.39, 0.29) is 17.8 Å². The first-order chi connectivity index (χ1) is 17.2. The van der Waals surface area contributed by atoms with Gasteiger partial charge in [0.2, 0.25) is 5.91 Å². The van der Waals surface area contributed by atoms with Gasteiger partial charge in [-0.3, -0.25) is 14.5 Å². The zero-order valence-electron chi connectivity index (χ0n) is 21.6. The SMILES string of the molecule is Cc1cc(C)c(N2CCN(C(=O)c3ccc(N4CCCC4=O)cc3N3CCN(C)C3=O)CC2)nc1C. The van der Waals surface area contributed by atoms with Gasteiger partial charge < -0.3 is 19.6 Å². The molecule has 5 rings (SSSR count).